The van der Waals surface area contributed by atoms with E-state index >= 15 is 0 Å². The summed E-state index contributed by atoms with van der Waals surface area (Å²) in [5.74, 6) is -5.00. The van der Waals surface area contributed by atoms with Gasteiger partial charge in [-0.1, -0.05) is 51.1 Å². The number of hydrogen-bond acceptors (Lipinski definition) is 13. The first-order chi connectivity index (χ1) is 29.3. The second-order valence-corrected chi connectivity index (χ2v) is 18.6. The van der Waals surface area contributed by atoms with Gasteiger partial charge in [-0.2, -0.15) is 0 Å². The fraction of sp³-hybridized carbons (Fsp3) is 0.696. The third kappa shape index (κ3) is 9.49. The molecule has 16 nitrogen and oxygen atoms in total. The number of aryl methyl sites for hydroxylation is 1. The number of H-pyrrole nitrogens is 1. The van der Waals surface area contributed by atoms with Gasteiger partial charge in [0, 0.05) is 73.7 Å². The molecule has 3 saturated heterocycles. The van der Waals surface area contributed by atoms with E-state index in [9.17, 15) is 24.3 Å². The van der Waals surface area contributed by atoms with E-state index in [0.717, 1.165) is 22.2 Å². The van der Waals surface area contributed by atoms with Gasteiger partial charge in [0.15, 0.2) is 17.7 Å². The van der Waals surface area contributed by atoms with E-state index in [4.69, 9.17) is 23.7 Å². The van der Waals surface area contributed by atoms with Crippen molar-refractivity contribution in [3.8, 4) is 0 Å². The number of ether oxygens (including phenoxy) is 5. The van der Waals surface area contributed by atoms with Gasteiger partial charge < -0.3 is 43.6 Å². The first-order valence-electron chi connectivity index (χ1n) is 22.3. The molecule has 3 aromatic rings. The predicted octanol–water partition coefficient (Wildman–Crippen LogP) is 5.33. The van der Waals surface area contributed by atoms with Crippen LogP contribution in [-0.4, -0.2) is 140 Å². The molecule has 2 aromatic heterocycles. The summed E-state index contributed by atoms with van der Waals surface area (Å²) in [4.78, 5) is 63.9. The Hall–Kier alpha value is -4.22. The molecule has 16 heteroatoms. The van der Waals surface area contributed by atoms with Crippen molar-refractivity contribution in [2.24, 2.45) is 23.7 Å². The number of methoxy groups -OCH3 is 1. The fourth-order valence-electron chi connectivity index (χ4n) is 10.3. The van der Waals surface area contributed by atoms with Gasteiger partial charge in [0.2, 0.25) is 0 Å². The van der Waals surface area contributed by atoms with Gasteiger partial charge >= 0.3 is 12.1 Å². The molecule has 1 unspecified atom stereocenters. The van der Waals surface area contributed by atoms with Crippen molar-refractivity contribution >= 4 is 34.5 Å². The topological polar surface area (TPSA) is 188 Å². The van der Waals surface area contributed by atoms with E-state index in [1.807, 2.05) is 70.4 Å². The molecule has 1 amide bonds. The van der Waals surface area contributed by atoms with Crippen LogP contribution in [0.5, 0.6) is 0 Å². The maximum atomic E-state index is 14.8. The fourth-order valence-corrected chi connectivity index (χ4v) is 10.3. The number of rotatable bonds is 12. The molecular formula is C46H68N6O10. The van der Waals surface area contributed by atoms with Crippen LogP contribution in [0.3, 0.4) is 0 Å². The summed E-state index contributed by atoms with van der Waals surface area (Å²) in [5.41, 5.74) is 0.359. The Morgan fingerprint density at radius 3 is 2.40 bits per heavy atom. The number of benzene rings is 1. The van der Waals surface area contributed by atoms with Crippen molar-refractivity contribution in [1.82, 2.24) is 29.8 Å². The summed E-state index contributed by atoms with van der Waals surface area (Å²) in [6.07, 6.45) is 1.68. The quantitative estimate of drug-likeness (QED) is 0.135. The first-order valence-corrected chi connectivity index (χ1v) is 22.3. The van der Waals surface area contributed by atoms with Gasteiger partial charge in [-0.05, 0) is 85.5 Å². The number of cyclic esters (lactones) is 1. The maximum Gasteiger partial charge on any atom is 0.410 e. The van der Waals surface area contributed by atoms with Crippen LogP contribution in [0, 0.1) is 23.7 Å². The Morgan fingerprint density at radius 1 is 1.00 bits per heavy atom. The molecule has 5 heterocycles. The summed E-state index contributed by atoms with van der Waals surface area (Å²) >= 11 is 0. The highest BCUT2D eigenvalue weighted by atomic mass is 16.7. The number of Topliss-reactive ketones (excluding diaryl/α,β-unsaturated/α-hetero) is 2. The number of amides is 1. The van der Waals surface area contributed by atoms with Crippen LogP contribution >= 0.6 is 0 Å². The van der Waals surface area contributed by atoms with Crippen LogP contribution in [0.2, 0.25) is 0 Å². The van der Waals surface area contributed by atoms with Gasteiger partial charge in [0.25, 0.3) is 0 Å². The number of nitrogens with zero attached hydrogens (tertiary/aromatic N) is 5. The number of para-hydroxylation sites is 1. The maximum absolute atomic E-state index is 14.8. The highest BCUT2D eigenvalue weighted by Gasteiger charge is 2.60. The minimum atomic E-state index is -1.41. The van der Waals surface area contributed by atoms with Crippen molar-refractivity contribution in [1.29, 1.82) is 0 Å². The molecule has 0 saturated carbocycles. The number of carbonyl (C=O) groups is 4. The zero-order valence-corrected chi connectivity index (χ0v) is 38.3. The number of carbonyl (C=O) groups excluding carboxylic acids is 4. The van der Waals surface area contributed by atoms with Crippen molar-refractivity contribution < 1.29 is 48.0 Å². The van der Waals surface area contributed by atoms with E-state index in [0.29, 0.717) is 32.2 Å². The summed E-state index contributed by atoms with van der Waals surface area (Å²) < 4.78 is 33.1. The van der Waals surface area contributed by atoms with E-state index < -0.39 is 83.4 Å². The minimum Gasteiger partial charge on any atom is -0.458 e. The Balaban J connectivity index is 1.23. The highest BCUT2D eigenvalue weighted by Crippen LogP contribution is 2.43. The number of likely N-dealkylation sites (N-methyl/N-ethyl adjacent to an activating group) is 1. The van der Waals surface area contributed by atoms with Crippen LogP contribution in [0.4, 0.5) is 4.79 Å². The Bertz CT molecular complexity index is 2050. The molecule has 3 fully saturated rings. The minimum absolute atomic E-state index is 0.124. The van der Waals surface area contributed by atoms with E-state index in [1.165, 1.54) is 14.0 Å². The van der Waals surface area contributed by atoms with Crippen molar-refractivity contribution in [2.75, 3.05) is 27.7 Å². The number of unbranched alkanes of at least 4 members (excludes halogenated alkanes) is 1. The van der Waals surface area contributed by atoms with Crippen LogP contribution in [0.15, 0.2) is 36.7 Å². The smallest absolute Gasteiger partial charge is 0.410 e. The van der Waals surface area contributed by atoms with Crippen molar-refractivity contribution in [3.05, 3.63) is 47.9 Å². The van der Waals surface area contributed by atoms with Crippen molar-refractivity contribution in [2.45, 2.75) is 154 Å². The molecule has 2 N–H and O–H groups in total. The number of ketones is 2. The summed E-state index contributed by atoms with van der Waals surface area (Å²) in [6.45, 7) is 14.8. The number of hydrogen-bond donors (Lipinski definition) is 2. The average molecular weight is 865 g/mol. The summed E-state index contributed by atoms with van der Waals surface area (Å²) in [7, 11) is 5.24. The number of aliphatic hydroxyl groups excluding tert-OH is 1. The molecule has 3 aliphatic rings. The molecule has 0 radical (unpaired) electrons. The standard InChI is InChI=1S/C46H68N6O10/c1-12-36-46(8)40(52(44(57)62-46)20-16-15-19-51-25-32(48-49-51)22-31-24-47-34-18-14-13-17-33(31)34)28(4)37(53)26(2)23-45(7,58-11)41(29(5)38(54)30(6)42(56)60-36)61-43-39(55)35(50(9)10)21-27(3)59-43/h13-14,17-18,24-30,35-36,39-41,43,47,55H,12,15-16,19-23H2,1-11H3/t26-,27-,28+,29+,30-,35+,36-,39-,40-,41-,43?,45+,46-/m1/s1. The molecule has 0 aliphatic carbocycles. The molecule has 6 rings (SSSR count). The van der Waals surface area contributed by atoms with Gasteiger partial charge in [0.05, 0.1) is 29.5 Å². The molecule has 342 valence electrons. The lowest BCUT2D eigenvalue weighted by molar-refractivity contribution is -0.295. The molecule has 13 atom stereocenters. The number of nitrogens with one attached hydrogen (secondary N) is 1. The largest absolute Gasteiger partial charge is 0.458 e. The Kier molecular flexibility index (Phi) is 14.7. The lowest BCUT2D eigenvalue weighted by Gasteiger charge is -2.47. The molecule has 62 heavy (non-hydrogen) atoms. The van der Waals surface area contributed by atoms with Crippen LogP contribution < -0.4 is 0 Å². The molecule has 1 aromatic carbocycles. The normalized spacial score (nSPS) is 35.2. The lowest BCUT2D eigenvalue weighted by Crippen LogP contribution is -2.60. The number of aliphatic hydroxyl groups is 1. The molecular weight excluding hydrogens is 797 g/mol. The van der Waals surface area contributed by atoms with Crippen LogP contribution in [-0.2, 0) is 51.0 Å². The van der Waals surface area contributed by atoms with E-state index in [2.05, 4.69) is 21.4 Å². The zero-order chi connectivity index (χ0) is 45.3. The monoisotopic (exact) mass is 864 g/mol. The van der Waals surface area contributed by atoms with Crippen molar-refractivity contribution in [3.63, 3.8) is 0 Å². The second-order valence-electron chi connectivity index (χ2n) is 18.6. The van der Waals surface area contributed by atoms with Crippen LogP contribution in [0.25, 0.3) is 10.9 Å². The number of aromatic amines is 1. The SMILES string of the molecule is CC[C@H]1OC(=O)[C@H](C)C(=O)[C@H](C)[C@@H](OC2O[C@H](C)C[C@H](N(C)C)[C@H]2O)[C@@](C)(OC)C[C@@H](C)C(=O)[C@H](C)[C@H]2N(CCCCn3cc(Cc4c[nH]c5ccccc45)nn3)C(=O)O[C@]12C. The van der Waals surface area contributed by atoms with Gasteiger partial charge in [-0.3, -0.25) is 19.1 Å². The van der Waals surface area contributed by atoms with E-state index in [-0.39, 0.29) is 37.3 Å². The lowest BCUT2D eigenvalue weighted by atomic mass is 9.73. The number of fused-ring (bicyclic) bond motifs is 2. The second kappa shape index (κ2) is 19.3. The van der Waals surface area contributed by atoms with E-state index in [1.54, 1.807) is 37.3 Å². The zero-order valence-electron chi connectivity index (χ0n) is 38.3. The Morgan fingerprint density at radius 2 is 1.71 bits per heavy atom. The Labute approximate surface area is 365 Å². The highest BCUT2D eigenvalue weighted by molar-refractivity contribution is 6.00. The summed E-state index contributed by atoms with van der Waals surface area (Å²) in [5, 5.41) is 21.4. The molecule has 3 aliphatic heterocycles. The predicted molar refractivity (Wildman–Crippen MR) is 230 cm³/mol. The number of aromatic nitrogens is 4. The summed E-state index contributed by atoms with van der Waals surface area (Å²) in [6, 6.07) is 7.04. The third-order valence-corrected chi connectivity index (χ3v) is 13.8. The average Bonchev–Trinajstić information content (AvgIpc) is 3.94. The third-order valence-electron chi connectivity index (χ3n) is 13.8. The van der Waals surface area contributed by atoms with Gasteiger partial charge in [0.1, 0.15) is 23.9 Å². The van der Waals surface area contributed by atoms with Gasteiger partial charge in [-0.25, -0.2) is 4.79 Å². The molecule has 0 bridgehead atoms. The van der Waals surface area contributed by atoms with Crippen LogP contribution in [0.1, 0.15) is 98.8 Å². The van der Waals surface area contributed by atoms with Gasteiger partial charge in [-0.15, -0.1) is 5.10 Å². The molecule has 0 spiro atoms. The number of esters is 1. The first kappa shape index (κ1) is 47.3.